The van der Waals surface area contributed by atoms with Crippen molar-refractivity contribution in [1.29, 1.82) is 0 Å². The van der Waals surface area contributed by atoms with Crippen LogP contribution in [-0.2, 0) is 11.3 Å². The summed E-state index contributed by atoms with van der Waals surface area (Å²) in [6.07, 6.45) is 2.68. The first kappa shape index (κ1) is 15.5. The fourth-order valence-corrected chi connectivity index (χ4v) is 2.69. The molecule has 0 aromatic carbocycles. The van der Waals surface area contributed by atoms with Gasteiger partial charge in [0.1, 0.15) is 0 Å². The van der Waals surface area contributed by atoms with E-state index in [-0.39, 0.29) is 11.8 Å². The molecule has 1 saturated heterocycles. The Hall–Kier alpha value is -1.85. The van der Waals surface area contributed by atoms with Crippen LogP contribution in [0.4, 0.5) is 0 Å². The number of piperidine rings is 1. The molecule has 0 spiro atoms. The molecule has 0 bridgehead atoms. The van der Waals surface area contributed by atoms with Gasteiger partial charge in [-0.25, -0.2) is 0 Å². The van der Waals surface area contributed by atoms with Gasteiger partial charge in [0.05, 0.1) is 17.7 Å². The van der Waals surface area contributed by atoms with E-state index in [1.807, 2.05) is 11.6 Å². The molecule has 6 heteroatoms. The quantitative estimate of drug-likeness (QED) is 0.918. The first-order chi connectivity index (χ1) is 9.90. The van der Waals surface area contributed by atoms with Crippen molar-refractivity contribution in [2.24, 2.45) is 11.8 Å². The maximum atomic E-state index is 12.5. The van der Waals surface area contributed by atoms with Gasteiger partial charge in [-0.2, -0.15) is 5.10 Å². The number of hydrogen-bond acceptors (Lipinski definition) is 3. The van der Waals surface area contributed by atoms with Crippen molar-refractivity contribution in [3.63, 3.8) is 0 Å². The standard InChI is InChI=1S/C15H23N3O3/c1-10(2)9-18-11(3)13(8-16-18)14(19)17-6-4-12(5-7-17)15(20)21/h8,10,12H,4-7,9H2,1-3H3,(H,20,21). The Morgan fingerprint density at radius 3 is 2.52 bits per heavy atom. The van der Waals surface area contributed by atoms with Crippen molar-refractivity contribution in [2.45, 2.75) is 40.2 Å². The molecule has 0 aliphatic carbocycles. The number of carboxylic acid groups (broad SMARTS) is 1. The number of aromatic nitrogens is 2. The van der Waals surface area contributed by atoms with Crippen molar-refractivity contribution in [2.75, 3.05) is 13.1 Å². The Bertz CT molecular complexity index is 528. The Morgan fingerprint density at radius 2 is 2.00 bits per heavy atom. The predicted molar refractivity (Wildman–Crippen MR) is 78.1 cm³/mol. The van der Waals surface area contributed by atoms with Crippen LogP contribution in [0.15, 0.2) is 6.20 Å². The Morgan fingerprint density at radius 1 is 1.38 bits per heavy atom. The second kappa shape index (κ2) is 6.28. The molecule has 1 aliphatic heterocycles. The van der Waals surface area contributed by atoms with E-state index in [0.29, 0.717) is 37.4 Å². The minimum Gasteiger partial charge on any atom is -0.481 e. The molecule has 1 N–H and O–H groups in total. The van der Waals surface area contributed by atoms with Crippen LogP contribution in [0.2, 0.25) is 0 Å². The van der Waals surface area contributed by atoms with Gasteiger partial charge in [0, 0.05) is 25.3 Å². The molecule has 1 aromatic heterocycles. The van der Waals surface area contributed by atoms with Crippen LogP contribution in [0.1, 0.15) is 42.7 Å². The predicted octanol–water partition coefficient (Wildman–Crippen LogP) is 1.78. The van der Waals surface area contributed by atoms with Crippen LogP contribution in [0.3, 0.4) is 0 Å². The molecule has 0 saturated carbocycles. The summed E-state index contributed by atoms with van der Waals surface area (Å²) in [5.74, 6) is -0.647. The molecule has 0 radical (unpaired) electrons. The molecule has 2 rings (SSSR count). The molecular weight excluding hydrogens is 270 g/mol. The summed E-state index contributed by atoms with van der Waals surface area (Å²) in [5, 5.41) is 13.3. The third-order valence-electron chi connectivity index (χ3n) is 4.00. The van der Waals surface area contributed by atoms with Gasteiger partial charge in [-0.3, -0.25) is 14.3 Å². The summed E-state index contributed by atoms with van der Waals surface area (Å²) in [6.45, 7) is 7.93. The minimum atomic E-state index is -0.761. The highest BCUT2D eigenvalue weighted by atomic mass is 16.4. The highest BCUT2D eigenvalue weighted by Gasteiger charge is 2.28. The van der Waals surface area contributed by atoms with Crippen LogP contribution in [0.5, 0.6) is 0 Å². The lowest BCUT2D eigenvalue weighted by molar-refractivity contribution is -0.143. The Balaban J connectivity index is 2.04. The lowest BCUT2D eigenvalue weighted by Gasteiger charge is -2.30. The largest absolute Gasteiger partial charge is 0.481 e. The maximum absolute atomic E-state index is 12.5. The number of carbonyl (C=O) groups is 2. The summed E-state index contributed by atoms with van der Waals surface area (Å²) in [5.41, 5.74) is 1.51. The van der Waals surface area contributed by atoms with Crippen molar-refractivity contribution in [3.05, 3.63) is 17.5 Å². The summed E-state index contributed by atoms with van der Waals surface area (Å²) in [6, 6.07) is 0. The molecule has 1 aromatic rings. The van der Waals surface area contributed by atoms with E-state index in [1.165, 1.54) is 0 Å². The first-order valence-electron chi connectivity index (χ1n) is 7.44. The van der Waals surface area contributed by atoms with Crippen LogP contribution >= 0.6 is 0 Å². The second-order valence-corrected chi connectivity index (χ2v) is 6.12. The van der Waals surface area contributed by atoms with Gasteiger partial charge in [-0.1, -0.05) is 13.8 Å². The summed E-state index contributed by atoms with van der Waals surface area (Å²) >= 11 is 0. The molecule has 2 heterocycles. The molecule has 0 atom stereocenters. The highest BCUT2D eigenvalue weighted by Crippen LogP contribution is 2.20. The molecular formula is C15H23N3O3. The molecule has 21 heavy (non-hydrogen) atoms. The average Bonchev–Trinajstić information content (AvgIpc) is 2.79. The van der Waals surface area contributed by atoms with Gasteiger partial charge < -0.3 is 10.0 Å². The van der Waals surface area contributed by atoms with Gasteiger partial charge in [-0.15, -0.1) is 0 Å². The first-order valence-corrected chi connectivity index (χ1v) is 7.44. The number of carboxylic acids is 1. The van der Waals surface area contributed by atoms with E-state index in [1.54, 1.807) is 11.1 Å². The zero-order valence-electron chi connectivity index (χ0n) is 12.9. The maximum Gasteiger partial charge on any atom is 0.306 e. The summed E-state index contributed by atoms with van der Waals surface area (Å²) < 4.78 is 1.86. The number of nitrogens with zero attached hydrogens (tertiary/aromatic N) is 3. The third kappa shape index (κ3) is 3.43. The van der Waals surface area contributed by atoms with Crippen molar-refractivity contribution < 1.29 is 14.7 Å². The normalized spacial score (nSPS) is 16.5. The summed E-state index contributed by atoms with van der Waals surface area (Å²) in [7, 11) is 0. The van der Waals surface area contributed by atoms with E-state index >= 15 is 0 Å². The van der Waals surface area contributed by atoms with Gasteiger partial charge >= 0.3 is 5.97 Å². The molecule has 6 nitrogen and oxygen atoms in total. The van der Waals surface area contributed by atoms with Crippen molar-refractivity contribution in [3.8, 4) is 0 Å². The van der Waals surface area contributed by atoms with Gasteiger partial charge in [0.25, 0.3) is 5.91 Å². The van der Waals surface area contributed by atoms with Crippen molar-refractivity contribution in [1.82, 2.24) is 14.7 Å². The molecule has 1 aliphatic rings. The minimum absolute atomic E-state index is 0.0358. The van der Waals surface area contributed by atoms with E-state index in [0.717, 1.165) is 12.2 Å². The number of rotatable bonds is 4. The van der Waals surface area contributed by atoms with Crippen LogP contribution in [-0.4, -0.2) is 44.8 Å². The zero-order chi connectivity index (χ0) is 15.6. The molecule has 1 fully saturated rings. The molecule has 0 unspecified atom stereocenters. The SMILES string of the molecule is Cc1c(C(=O)N2CCC(C(=O)O)CC2)cnn1CC(C)C. The van der Waals surface area contributed by atoms with E-state index in [9.17, 15) is 9.59 Å². The fourth-order valence-electron chi connectivity index (χ4n) is 2.69. The van der Waals surface area contributed by atoms with Gasteiger partial charge in [0.15, 0.2) is 0 Å². The van der Waals surface area contributed by atoms with Crippen LogP contribution in [0.25, 0.3) is 0 Å². The lowest BCUT2D eigenvalue weighted by Crippen LogP contribution is -2.40. The topological polar surface area (TPSA) is 75.4 Å². The zero-order valence-corrected chi connectivity index (χ0v) is 12.9. The summed E-state index contributed by atoms with van der Waals surface area (Å²) in [4.78, 5) is 25.2. The van der Waals surface area contributed by atoms with Crippen molar-refractivity contribution >= 4 is 11.9 Å². The average molecular weight is 293 g/mol. The van der Waals surface area contributed by atoms with E-state index < -0.39 is 5.97 Å². The highest BCUT2D eigenvalue weighted by molar-refractivity contribution is 5.95. The number of amides is 1. The molecule has 1 amide bonds. The Labute approximate surface area is 124 Å². The smallest absolute Gasteiger partial charge is 0.306 e. The fraction of sp³-hybridized carbons (Fsp3) is 0.667. The number of hydrogen-bond donors (Lipinski definition) is 1. The molecule has 116 valence electrons. The van der Waals surface area contributed by atoms with E-state index in [2.05, 4.69) is 18.9 Å². The lowest BCUT2D eigenvalue weighted by atomic mass is 9.96. The monoisotopic (exact) mass is 293 g/mol. The second-order valence-electron chi connectivity index (χ2n) is 6.12. The van der Waals surface area contributed by atoms with E-state index in [4.69, 9.17) is 5.11 Å². The number of likely N-dealkylation sites (tertiary alicyclic amines) is 1. The third-order valence-corrected chi connectivity index (χ3v) is 4.00. The number of carbonyl (C=O) groups excluding carboxylic acids is 1. The van der Waals surface area contributed by atoms with Gasteiger partial charge in [0.2, 0.25) is 0 Å². The van der Waals surface area contributed by atoms with Gasteiger partial charge in [-0.05, 0) is 25.7 Å². The van der Waals surface area contributed by atoms with Crippen LogP contribution < -0.4 is 0 Å². The Kier molecular flexibility index (Phi) is 4.65. The number of aliphatic carboxylic acids is 1. The van der Waals surface area contributed by atoms with Crippen LogP contribution in [0, 0.1) is 18.8 Å².